The molecule has 4 rings (SSSR count). The van der Waals surface area contributed by atoms with Gasteiger partial charge in [-0.2, -0.15) is 0 Å². The van der Waals surface area contributed by atoms with Crippen LogP contribution in [0.3, 0.4) is 0 Å². The van der Waals surface area contributed by atoms with Crippen LogP contribution in [0.2, 0.25) is 10.0 Å². The first-order valence-corrected chi connectivity index (χ1v) is 15.5. The van der Waals surface area contributed by atoms with E-state index in [1.54, 1.807) is 54.6 Å². The van der Waals surface area contributed by atoms with E-state index in [2.05, 4.69) is 5.32 Å². The predicted octanol–water partition coefficient (Wildman–Crippen LogP) is 5.58. The Morgan fingerprint density at radius 3 is 2.19 bits per heavy atom. The second-order valence-electron chi connectivity index (χ2n) is 9.60. The van der Waals surface area contributed by atoms with Crippen molar-refractivity contribution in [2.24, 2.45) is 0 Å². The maximum atomic E-state index is 14.3. The lowest BCUT2D eigenvalue weighted by Crippen LogP contribution is -2.53. The monoisotopic (exact) mass is 639 g/mol. The van der Waals surface area contributed by atoms with Gasteiger partial charge in [0.2, 0.25) is 11.8 Å². The molecule has 0 saturated carbocycles. The summed E-state index contributed by atoms with van der Waals surface area (Å²) in [6, 6.07) is 27.4. The van der Waals surface area contributed by atoms with Gasteiger partial charge in [0.1, 0.15) is 18.3 Å². The number of likely N-dealkylation sites (N-methyl/N-ethyl adjacent to an activating group) is 1. The topological polar surface area (TPSA) is 96.0 Å². The van der Waals surface area contributed by atoms with Crippen LogP contribution < -0.4 is 14.4 Å². The van der Waals surface area contributed by atoms with Crippen molar-refractivity contribution in [1.29, 1.82) is 0 Å². The Hall–Kier alpha value is -4.05. The van der Waals surface area contributed by atoms with Gasteiger partial charge >= 0.3 is 0 Å². The summed E-state index contributed by atoms with van der Waals surface area (Å²) in [6.45, 7) is -0.672. The number of nitrogens with zero attached hydrogens (tertiary/aromatic N) is 2. The second-order valence-corrected chi connectivity index (χ2v) is 12.3. The fraction of sp³-hybridized carbons (Fsp3) is 0.188. The molecule has 0 aliphatic heterocycles. The van der Waals surface area contributed by atoms with Crippen molar-refractivity contribution in [3.8, 4) is 5.75 Å². The van der Waals surface area contributed by atoms with Crippen molar-refractivity contribution in [3.05, 3.63) is 124 Å². The molecular formula is C32H31Cl2N3O5S. The first kappa shape index (κ1) is 31.9. The molecule has 0 saturated heterocycles. The number of halogens is 2. The van der Waals surface area contributed by atoms with E-state index < -0.39 is 34.4 Å². The normalized spacial score (nSPS) is 11.8. The summed E-state index contributed by atoms with van der Waals surface area (Å²) in [5.41, 5.74) is 1.58. The van der Waals surface area contributed by atoms with Crippen LogP contribution in [0.1, 0.15) is 11.1 Å². The van der Waals surface area contributed by atoms with E-state index in [1.165, 1.54) is 37.3 Å². The molecule has 11 heteroatoms. The van der Waals surface area contributed by atoms with E-state index >= 15 is 0 Å². The number of nitrogens with one attached hydrogen (secondary N) is 1. The van der Waals surface area contributed by atoms with Crippen molar-refractivity contribution in [1.82, 2.24) is 10.2 Å². The Kier molecular flexibility index (Phi) is 10.7. The highest BCUT2D eigenvalue weighted by atomic mass is 35.5. The lowest BCUT2D eigenvalue weighted by molar-refractivity contribution is -0.139. The van der Waals surface area contributed by atoms with E-state index in [1.807, 2.05) is 30.3 Å². The predicted molar refractivity (Wildman–Crippen MR) is 169 cm³/mol. The third kappa shape index (κ3) is 7.87. The number of methoxy groups -OCH3 is 1. The van der Waals surface area contributed by atoms with Crippen LogP contribution in [0.4, 0.5) is 5.69 Å². The molecule has 2 amide bonds. The molecule has 0 aliphatic carbocycles. The van der Waals surface area contributed by atoms with Crippen molar-refractivity contribution in [2.45, 2.75) is 23.9 Å². The van der Waals surface area contributed by atoms with Crippen LogP contribution in [-0.4, -0.2) is 51.9 Å². The molecule has 0 radical (unpaired) electrons. The minimum absolute atomic E-state index is 0.00468. The highest BCUT2D eigenvalue weighted by molar-refractivity contribution is 7.92. The molecule has 4 aromatic carbocycles. The number of hydrogen-bond acceptors (Lipinski definition) is 5. The fourth-order valence-corrected chi connectivity index (χ4v) is 6.46. The average molecular weight is 641 g/mol. The average Bonchev–Trinajstić information content (AvgIpc) is 3.02. The Labute approximate surface area is 261 Å². The molecule has 1 atom stereocenters. The highest BCUT2D eigenvalue weighted by Gasteiger charge is 2.34. The summed E-state index contributed by atoms with van der Waals surface area (Å²) in [5.74, 6) is -0.616. The zero-order chi connectivity index (χ0) is 31.0. The second kappa shape index (κ2) is 14.4. The maximum absolute atomic E-state index is 14.3. The number of carbonyl (C=O) groups excluding carboxylic acids is 2. The van der Waals surface area contributed by atoms with Crippen LogP contribution in [0, 0.1) is 0 Å². The molecule has 0 aliphatic rings. The number of carbonyl (C=O) groups is 2. The molecule has 0 spiro atoms. The zero-order valence-electron chi connectivity index (χ0n) is 23.6. The molecule has 43 heavy (non-hydrogen) atoms. The molecule has 8 nitrogen and oxygen atoms in total. The van der Waals surface area contributed by atoms with Crippen LogP contribution in [0.5, 0.6) is 5.75 Å². The van der Waals surface area contributed by atoms with Gasteiger partial charge in [0.05, 0.1) is 17.7 Å². The van der Waals surface area contributed by atoms with Gasteiger partial charge in [0, 0.05) is 36.1 Å². The molecular weight excluding hydrogens is 609 g/mol. The third-order valence-electron chi connectivity index (χ3n) is 6.82. The Bertz CT molecular complexity index is 1670. The van der Waals surface area contributed by atoms with Crippen molar-refractivity contribution in [3.63, 3.8) is 0 Å². The number of anilines is 1. The first-order valence-electron chi connectivity index (χ1n) is 13.3. The summed E-state index contributed by atoms with van der Waals surface area (Å²) in [4.78, 5) is 29.0. The van der Waals surface area contributed by atoms with Gasteiger partial charge in [0.25, 0.3) is 10.0 Å². The molecule has 224 valence electrons. The van der Waals surface area contributed by atoms with Crippen molar-refractivity contribution < 1.29 is 22.7 Å². The van der Waals surface area contributed by atoms with E-state index in [9.17, 15) is 18.0 Å². The molecule has 0 fully saturated rings. The van der Waals surface area contributed by atoms with Gasteiger partial charge in [-0.3, -0.25) is 13.9 Å². The minimum Gasteiger partial charge on any atom is -0.497 e. The summed E-state index contributed by atoms with van der Waals surface area (Å²) >= 11 is 12.6. The van der Waals surface area contributed by atoms with E-state index in [0.717, 1.165) is 9.87 Å². The van der Waals surface area contributed by atoms with Gasteiger partial charge in [-0.1, -0.05) is 83.9 Å². The molecule has 1 unspecified atom stereocenters. The third-order valence-corrected chi connectivity index (χ3v) is 9.20. The zero-order valence-corrected chi connectivity index (χ0v) is 25.9. The quantitative estimate of drug-likeness (QED) is 0.218. The molecule has 0 aromatic heterocycles. The van der Waals surface area contributed by atoms with E-state index in [0.29, 0.717) is 21.4 Å². The largest absolute Gasteiger partial charge is 0.497 e. The molecule has 1 N–H and O–H groups in total. The van der Waals surface area contributed by atoms with Crippen LogP contribution in [0.15, 0.2) is 108 Å². The highest BCUT2D eigenvalue weighted by Crippen LogP contribution is 2.29. The molecule has 0 heterocycles. The number of rotatable bonds is 12. The maximum Gasteiger partial charge on any atom is 0.264 e. The van der Waals surface area contributed by atoms with Gasteiger partial charge in [-0.15, -0.1) is 0 Å². The number of amides is 2. The summed E-state index contributed by atoms with van der Waals surface area (Å²) < 4.78 is 34.3. The van der Waals surface area contributed by atoms with Crippen LogP contribution in [-0.2, 0) is 32.6 Å². The SMILES string of the molecule is CNC(=O)C(Cc1ccccc1)N(Cc1ccc(Cl)cc1Cl)C(=O)CN(c1cccc(OC)c1)S(=O)(=O)c1ccccc1. The van der Waals surface area contributed by atoms with E-state index in [-0.39, 0.29) is 23.5 Å². The van der Waals surface area contributed by atoms with Gasteiger partial charge < -0.3 is 15.0 Å². The van der Waals surface area contributed by atoms with Gasteiger partial charge in [-0.05, 0) is 47.5 Å². The van der Waals surface area contributed by atoms with Gasteiger partial charge in [-0.25, -0.2) is 8.42 Å². The number of hydrogen-bond donors (Lipinski definition) is 1. The molecule has 0 bridgehead atoms. The van der Waals surface area contributed by atoms with Crippen molar-refractivity contribution >= 4 is 50.7 Å². The minimum atomic E-state index is -4.22. The van der Waals surface area contributed by atoms with Crippen molar-refractivity contribution in [2.75, 3.05) is 25.0 Å². The van der Waals surface area contributed by atoms with Gasteiger partial charge in [0.15, 0.2) is 0 Å². The summed E-state index contributed by atoms with van der Waals surface area (Å²) in [6.07, 6.45) is 0.183. The van der Waals surface area contributed by atoms with Crippen LogP contribution >= 0.6 is 23.2 Å². The Morgan fingerprint density at radius 2 is 1.56 bits per heavy atom. The van der Waals surface area contributed by atoms with Crippen LogP contribution in [0.25, 0.3) is 0 Å². The first-order chi connectivity index (χ1) is 20.6. The lowest BCUT2D eigenvalue weighted by Gasteiger charge is -2.33. The Balaban J connectivity index is 1.81. The Morgan fingerprint density at radius 1 is 0.884 bits per heavy atom. The summed E-state index contributed by atoms with van der Waals surface area (Å²) in [5, 5.41) is 3.37. The fourth-order valence-electron chi connectivity index (χ4n) is 4.57. The standard InChI is InChI=1S/C32H31Cl2N3O5S/c1-35-32(39)30(18-23-10-5-3-6-11-23)36(21-24-16-17-25(33)19-29(24)34)31(38)22-37(26-12-9-13-27(20-26)42-2)43(40,41)28-14-7-4-8-15-28/h3-17,19-20,30H,18,21-22H2,1-2H3,(H,35,39). The van der Waals surface area contributed by atoms with E-state index in [4.69, 9.17) is 27.9 Å². The summed E-state index contributed by atoms with van der Waals surface area (Å²) in [7, 11) is -1.26. The number of sulfonamides is 1. The number of benzene rings is 4. The number of ether oxygens (including phenoxy) is 1. The smallest absolute Gasteiger partial charge is 0.264 e. The molecule has 4 aromatic rings. The lowest BCUT2D eigenvalue weighted by atomic mass is 10.0.